The van der Waals surface area contributed by atoms with Crippen molar-refractivity contribution >= 4 is 0 Å². The van der Waals surface area contributed by atoms with Gasteiger partial charge in [0.1, 0.15) is 37.0 Å². The molecule has 2 aliphatic heterocycles. The monoisotopic (exact) mass is 190 g/mol. The number of hydrogen-bond donors (Lipinski definition) is 5. The first-order valence-electron chi connectivity index (χ1n) is 4.68. The third-order valence-corrected chi connectivity index (χ3v) is 3.23. The molecule has 2 rings (SSSR count). The topological polar surface area (TPSA) is 85.4 Å². The number of nitrogens with one attached hydrogen (secondary N) is 1. The van der Waals surface area contributed by atoms with Gasteiger partial charge in [0.05, 0.1) is 6.54 Å². The normalized spacial score (nSPS) is 56.3. The van der Waals surface area contributed by atoms with Crippen LogP contribution in [0, 0.1) is 0 Å². The van der Waals surface area contributed by atoms with Gasteiger partial charge in [0.2, 0.25) is 0 Å². The summed E-state index contributed by atoms with van der Waals surface area (Å²) in [6.45, 7) is 1.17. The number of aliphatic hydroxyl groups excluding tert-OH is 4. The van der Waals surface area contributed by atoms with Crippen molar-refractivity contribution in [1.29, 1.82) is 0 Å². The van der Waals surface area contributed by atoms with Crippen molar-refractivity contribution in [3.63, 3.8) is 0 Å². The molecule has 76 valence electrons. The molecule has 0 saturated carbocycles. The van der Waals surface area contributed by atoms with E-state index in [9.17, 15) is 20.4 Å². The van der Waals surface area contributed by atoms with Crippen LogP contribution in [0.25, 0.3) is 0 Å². The molecule has 0 aliphatic carbocycles. The third-order valence-electron chi connectivity index (χ3n) is 3.23. The van der Waals surface area contributed by atoms with Crippen LogP contribution in [0.1, 0.15) is 6.42 Å². The van der Waals surface area contributed by atoms with Crippen LogP contribution in [0.15, 0.2) is 0 Å². The van der Waals surface area contributed by atoms with Crippen molar-refractivity contribution in [1.82, 2.24) is 0 Å². The second-order valence-electron chi connectivity index (χ2n) is 4.04. The van der Waals surface area contributed by atoms with Gasteiger partial charge in [-0.25, -0.2) is 0 Å². The van der Waals surface area contributed by atoms with Crippen LogP contribution >= 0.6 is 0 Å². The highest BCUT2D eigenvalue weighted by Crippen LogP contribution is 2.15. The summed E-state index contributed by atoms with van der Waals surface area (Å²) >= 11 is 0. The second-order valence-corrected chi connectivity index (χ2v) is 4.04. The fourth-order valence-corrected chi connectivity index (χ4v) is 2.49. The van der Waals surface area contributed by atoms with Crippen molar-refractivity contribution in [2.75, 3.05) is 13.1 Å². The van der Waals surface area contributed by atoms with Crippen LogP contribution in [-0.2, 0) is 0 Å². The number of piperidine rings is 1. The minimum atomic E-state index is -1.11. The number of quaternary nitrogens is 1. The summed E-state index contributed by atoms with van der Waals surface area (Å²) in [5.74, 6) is 0. The van der Waals surface area contributed by atoms with Gasteiger partial charge in [0.25, 0.3) is 0 Å². The Labute approximate surface area is 76.2 Å². The summed E-state index contributed by atoms with van der Waals surface area (Å²) < 4.78 is 0. The predicted octanol–water partition coefficient (Wildman–Crippen LogP) is -3.90. The van der Waals surface area contributed by atoms with Gasteiger partial charge < -0.3 is 25.3 Å². The van der Waals surface area contributed by atoms with E-state index in [0.29, 0.717) is 13.0 Å². The van der Waals surface area contributed by atoms with Crippen LogP contribution in [0.4, 0.5) is 0 Å². The third kappa shape index (κ3) is 1.37. The predicted molar refractivity (Wildman–Crippen MR) is 43.1 cm³/mol. The number of hydrogen-bond acceptors (Lipinski definition) is 4. The zero-order valence-electron chi connectivity index (χ0n) is 7.30. The Morgan fingerprint density at radius 2 is 1.62 bits per heavy atom. The first kappa shape index (κ1) is 9.36. The van der Waals surface area contributed by atoms with E-state index in [1.165, 1.54) is 0 Å². The van der Waals surface area contributed by atoms with Gasteiger partial charge in [-0.05, 0) is 0 Å². The van der Waals surface area contributed by atoms with Gasteiger partial charge in [-0.15, -0.1) is 0 Å². The van der Waals surface area contributed by atoms with Crippen molar-refractivity contribution < 1.29 is 25.3 Å². The Kier molecular flexibility index (Phi) is 2.29. The fraction of sp³-hybridized carbons (Fsp3) is 1.00. The molecule has 0 aromatic rings. The summed E-state index contributed by atoms with van der Waals surface area (Å²) in [7, 11) is 0. The van der Waals surface area contributed by atoms with Gasteiger partial charge in [-0.2, -0.15) is 0 Å². The molecule has 2 aliphatic rings. The minimum Gasteiger partial charge on any atom is -0.387 e. The maximum absolute atomic E-state index is 9.60. The maximum Gasteiger partial charge on any atom is 0.143 e. The molecule has 0 aromatic heterocycles. The largest absolute Gasteiger partial charge is 0.387 e. The van der Waals surface area contributed by atoms with Crippen LogP contribution in [0.5, 0.6) is 0 Å². The molecule has 5 heteroatoms. The SMILES string of the molecule is O[C@H]1[C@H](O)[C@@H](O)C[NH+]2CC[C@H](O)[C@H]12. The summed E-state index contributed by atoms with van der Waals surface area (Å²) in [5.41, 5.74) is 0. The van der Waals surface area contributed by atoms with E-state index in [4.69, 9.17) is 0 Å². The molecule has 1 unspecified atom stereocenters. The molecule has 0 bridgehead atoms. The number of fused-ring (bicyclic) bond motifs is 1. The maximum atomic E-state index is 9.60. The molecule has 0 amide bonds. The lowest BCUT2D eigenvalue weighted by Crippen LogP contribution is -3.18. The standard InChI is InChI=1S/C8H15NO4/c10-4-1-2-9-3-5(11)7(12)8(13)6(4)9/h4-8,10-13H,1-3H2/p+1/t4-,5-,6+,7+,8+/m0/s1. The Morgan fingerprint density at radius 1 is 0.923 bits per heavy atom. The summed E-state index contributed by atoms with van der Waals surface area (Å²) in [6.07, 6.45) is -2.90. The van der Waals surface area contributed by atoms with Gasteiger partial charge in [-0.3, -0.25) is 0 Å². The Bertz CT molecular complexity index is 201. The summed E-state index contributed by atoms with van der Waals surface area (Å²) in [6, 6.07) is -0.321. The van der Waals surface area contributed by atoms with E-state index in [1.807, 2.05) is 0 Å². The van der Waals surface area contributed by atoms with Crippen LogP contribution < -0.4 is 4.90 Å². The van der Waals surface area contributed by atoms with Gasteiger partial charge in [-0.1, -0.05) is 0 Å². The van der Waals surface area contributed by atoms with Crippen LogP contribution in [0.2, 0.25) is 0 Å². The minimum absolute atomic E-state index is 0.321. The highest BCUT2D eigenvalue weighted by molar-refractivity contribution is 4.91. The molecule has 0 radical (unpaired) electrons. The Morgan fingerprint density at radius 3 is 2.31 bits per heavy atom. The Hall–Kier alpha value is -0.200. The molecule has 2 heterocycles. The number of rotatable bonds is 0. The summed E-state index contributed by atoms with van der Waals surface area (Å²) in [4.78, 5) is 0.998. The lowest BCUT2D eigenvalue weighted by atomic mass is 9.93. The van der Waals surface area contributed by atoms with Crippen molar-refractivity contribution in [2.45, 2.75) is 36.9 Å². The quantitative estimate of drug-likeness (QED) is 0.270. The second kappa shape index (κ2) is 3.18. The van der Waals surface area contributed by atoms with E-state index in [1.54, 1.807) is 0 Å². The molecular formula is C8H16NO4+. The van der Waals surface area contributed by atoms with Crippen LogP contribution in [0.3, 0.4) is 0 Å². The molecule has 0 spiro atoms. The molecule has 13 heavy (non-hydrogen) atoms. The smallest absolute Gasteiger partial charge is 0.143 e. The highest BCUT2D eigenvalue weighted by Gasteiger charge is 2.51. The van der Waals surface area contributed by atoms with Crippen molar-refractivity contribution in [3.8, 4) is 0 Å². The lowest BCUT2D eigenvalue weighted by molar-refractivity contribution is -0.928. The molecule has 2 saturated heterocycles. The zero-order valence-corrected chi connectivity index (χ0v) is 7.30. The van der Waals surface area contributed by atoms with Crippen molar-refractivity contribution in [2.24, 2.45) is 0 Å². The van der Waals surface area contributed by atoms with Crippen LogP contribution in [-0.4, -0.2) is 64.0 Å². The van der Waals surface area contributed by atoms with E-state index >= 15 is 0 Å². The zero-order chi connectivity index (χ0) is 9.59. The van der Waals surface area contributed by atoms with E-state index in [2.05, 4.69) is 0 Å². The highest BCUT2D eigenvalue weighted by atomic mass is 16.4. The number of aliphatic hydroxyl groups is 4. The first-order valence-corrected chi connectivity index (χ1v) is 4.68. The van der Waals surface area contributed by atoms with E-state index < -0.39 is 24.4 Å². The van der Waals surface area contributed by atoms with Gasteiger partial charge in [0.15, 0.2) is 0 Å². The summed E-state index contributed by atoms with van der Waals surface area (Å²) in [5, 5.41) is 37.9. The molecular weight excluding hydrogens is 174 g/mol. The fourth-order valence-electron chi connectivity index (χ4n) is 2.49. The lowest BCUT2D eigenvalue weighted by Gasteiger charge is -2.37. The average Bonchev–Trinajstić information content (AvgIpc) is 2.43. The molecule has 6 atom stereocenters. The average molecular weight is 190 g/mol. The van der Waals surface area contributed by atoms with Gasteiger partial charge in [0, 0.05) is 6.42 Å². The van der Waals surface area contributed by atoms with Gasteiger partial charge >= 0.3 is 0 Å². The molecule has 5 N–H and O–H groups in total. The van der Waals surface area contributed by atoms with Crippen molar-refractivity contribution in [3.05, 3.63) is 0 Å². The molecule has 0 aromatic carbocycles. The Balaban J connectivity index is 2.15. The molecule has 5 nitrogen and oxygen atoms in total. The first-order chi connectivity index (χ1) is 6.11. The van der Waals surface area contributed by atoms with E-state index in [-0.39, 0.29) is 6.04 Å². The molecule has 2 fully saturated rings. The van der Waals surface area contributed by atoms with E-state index in [0.717, 1.165) is 11.4 Å².